The minimum Gasteiger partial charge on any atom is -0.280 e. The summed E-state index contributed by atoms with van der Waals surface area (Å²) < 4.78 is 38.3. The second-order valence-corrected chi connectivity index (χ2v) is 7.61. The molecular formula is C18H21Cl4F3N2O2. The molecule has 0 aliphatic heterocycles. The minimum atomic E-state index is -3.94. The second kappa shape index (κ2) is 13.3. The Labute approximate surface area is 188 Å². The molecule has 1 aromatic rings. The maximum absolute atomic E-state index is 12.9. The number of nitrogens with two attached hydrogens (primary N) is 1. The molecule has 0 amide bonds. The van der Waals surface area contributed by atoms with Gasteiger partial charge in [0.05, 0.1) is 0 Å². The molecule has 3 N–H and O–H groups in total. The van der Waals surface area contributed by atoms with Gasteiger partial charge in [0, 0.05) is 16.1 Å². The minimum absolute atomic E-state index is 0. The highest BCUT2D eigenvalue weighted by molar-refractivity contribution is 6.67. The Hall–Kier alpha value is -1.09. The van der Waals surface area contributed by atoms with E-state index >= 15 is 0 Å². The smallest absolute Gasteiger partial charge is 0.280 e. The van der Waals surface area contributed by atoms with E-state index in [-0.39, 0.29) is 17.9 Å². The number of nitrogens with one attached hydrogen (secondary N) is 1. The van der Waals surface area contributed by atoms with Crippen molar-refractivity contribution in [3.8, 4) is 0 Å². The number of rotatable bonds is 2. The molecule has 0 heterocycles. The van der Waals surface area contributed by atoms with Crippen LogP contribution in [0, 0.1) is 5.92 Å². The van der Waals surface area contributed by atoms with Crippen molar-refractivity contribution in [1.29, 1.82) is 0 Å². The maximum atomic E-state index is 12.9. The molecule has 1 unspecified atom stereocenters. The number of hydrazine groups is 1. The Bertz CT molecular complexity index is 736. The fourth-order valence-corrected chi connectivity index (χ4v) is 2.23. The first-order valence-electron chi connectivity index (χ1n) is 7.77. The van der Waals surface area contributed by atoms with E-state index in [0.29, 0.717) is 11.6 Å². The fraction of sp³-hybridized carbons (Fsp3) is 0.333. The Balaban J connectivity index is 0. The van der Waals surface area contributed by atoms with E-state index in [1.807, 2.05) is 26.8 Å². The summed E-state index contributed by atoms with van der Waals surface area (Å²) in [6.45, 7) is 6.02. The average molecular weight is 496 g/mol. The first-order chi connectivity index (χ1) is 12.7. The van der Waals surface area contributed by atoms with Gasteiger partial charge in [-0.25, -0.2) is 4.39 Å². The van der Waals surface area contributed by atoms with Crippen molar-refractivity contribution in [2.75, 3.05) is 0 Å². The Morgan fingerprint density at radius 3 is 1.83 bits per heavy atom. The Morgan fingerprint density at radius 1 is 1.10 bits per heavy atom. The number of carbonyl (C=O) groups excluding carboxylic acids is 2. The number of hydrogen-bond donors (Lipinski definition) is 2. The van der Waals surface area contributed by atoms with Crippen LogP contribution in [0.2, 0.25) is 0 Å². The molecule has 0 bridgehead atoms. The standard InChI is InChI=1S/C7H3Cl2F3O.C7H5ClO.C4H12N2.ClH/c8-3-1-2-4(10)7(11,12)5(3)6(9)13;8-7(9)6-4-2-1-3-5-6;1-4(2,3)6-5;/h1-2,5H;1-5H;6H,5H2,1-3H3;1H. The van der Waals surface area contributed by atoms with Crippen LogP contribution in [0.4, 0.5) is 13.2 Å². The van der Waals surface area contributed by atoms with Crippen molar-refractivity contribution in [2.45, 2.75) is 32.2 Å². The Morgan fingerprint density at radius 2 is 1.55 bits per heavy atom. The number of benzene rings is 1. The lowest BCUT2D eigenvalue weighted by molar-refractivity contribution is -0.123. The van der Waals surface area contributed by atoms with Gasteiger partial charge in [-0.1, -0.05) is 41.9 Å². The van der Waals surface area contributed by atoms with Gasteiger partial charge < -0.3 is 0 Å². The zero-order valence-corrected chi connectivity index (χ0v) is 18.8. The quantitative estimate of drug-likeness (QED) is 0.312. The molecule has 2 rings (SSSR count). The monoisotopic (exact) mass is 494 g/mol. The average Bonchev–Trinajstić information content (AvgIpc) is 2.59. The molecule has 0 saturated carbocycles. The third-order valence-electron chi connectivity index (χ3n) is 3.01. The summed E-state index contributed by atoms with van der Waals surface area (Å²) in [5, 5.41) is -2.25. The molecule has 1 aliphatic rings. The lowest BCUT2D eigenvalue weighted by Crippen LogP contribution is -2.41. The molecule has 29 heavy (non-hydrogen) atoms. The number of halogens is 7. The largest absolute Gasteiger partial charge is 0.314 e. The third kappa shape index (κ3) is 11.0. The number of alkyl halides is 2. The van der Waals surface area contributed by atoms with Crippen LogP contribution in [0.5, 0.6) is 0 Å². The fourth-order valence-electron chi connectivity index (χ4n) is 1.49. The van der Waals surface area contributed by atoms with Crippen LogP contribution < -0.4 is 11.3 Å². The molecule has 1 atom stereocenters. The third-order valence-corrected chi connectivity index (χ3v) is 3.79. The molecular weight excluding hydrogens is 475 g/mol. The summed E-state index contributed by atoms with van der Waals surface area (Å²) in [5.41, 5.74) is 3.21. The maximum Gasteiger partial charge on any atom is 0.314 e. The lowest BCUT2D eigenvalue weighted by atomic mass is 9.96. The molecule has 0 radical (unpaired) electrons. The molecule has 0 fully saturated rings. The second-order valence-electron chi connectivity index (χ2n) is 6.46. The van der Waals surface area contributed by atoms with E-state index in [1.54, 1.807) is 24.3 Å². The number of carbonyl (C=O) groups is 2. The highest BCUT2D eigenvalue weighted by Crippen LogP contribution is 2.43. The van der Waals surface area contributed by atoms with E-state index < -0.39 is 33.2 Å². The first kappa shape index (κ1) is 30.1. The summed E-state index contributed by atoms with van der Waals surface area (Å²) in [6, 6.07) is 8.74. The summed E-state index contributed by atoms with van der Waals surface area (Å²) in [6.07, 6.45) is 1.40. The van der Waals surface area contributed by atoms with E-state index in [0.717, 1.165) is 6.08 Å². The van der Waals surface area contributed by atoms with Crippen LogP contribution in [0.3, 0.4) is 0 Å². The molecule has 164 valence electrons. The summed E-state index contributed by atoms with van der Waals surface area (Å²) >= 11 is 15.3. The van der Waals surface area contributed by atoms with Gasteiger partial charge in [-0.15, -0.1) is 12.4 Å². The predicted molar refractivity (Wildman–Crippen MR) is 113 cm³/mol. The molecule has 0 saturated heterocycles. The van der Waals surface area contributed by atoms with E-state index in [4.69, 9.17) is 40.6 Å². The van der Waals surface area contributed by atoms with Crippen LogP contribution in [0.1, 0.15) is 31.1 Å². The van der Waals surface area contributed by atoms with E-state index in [1.165, 1.54) is 0 Å². The van der Waals surface area contributed by atoms with Crippen molar-refractivity contribution >= 4 is 57.7 Å². The van der Waals surface area contributed by atoms with Crippen LogP contribution in [-0.4, -0.2) is 21.9 Å². The van der Waals surface area contributed by atoms with Crippen molar-refractivity contribution in [2.24, 2.45) is 11.8 Å². The van der Waals surface area contributed by atoms with E-state index in [9.17, 15) is 22.8 Å². The van der Waals surface area contributed by atoms with Crippen molar-refractivity contribution in [3.63, 3.8) is 0 Å². The molecule has 1 aliphatic carbocycles. The highest BCUT2D eigenvalue weighted by Gasteiger charge is 2.51. The normalized spacial score (nSPS) is 17.1. The number of allylic oxidation sites excluding steroid dienone is 4. The zero-order valence-electron chi connectivity index (χ0n) is 15.7. The SMILES string of the molecule is CC(C)(C)NN.Cl.O=C(Cl)C1C(Cl)=CC=C(F)C1(F)F.O=C(Cl)c1ccccc1. The van der Waals surface area contributed by atoms with Crippen LogP contribution in [-0.2, 0) is 4.79 Å². The molecule has 4 nitrogen and oxygen atoms in total. The van der Waals surface area contributed by atoms with Crippen LogP contribution in [0.15, 0.2) is 53.3 Å². The highest BCUT2D eigenvalue weighted by atomic mass is 35.5. The zero-order chi connectivity index (χ0) is 22.1. The van der Waals surface area contributed by atoms with Crippen LogP contribution in [0.25, 0.3) is 0 Å². The van der Waals surface area contributed by atoms with Crippen molar-refractivity contribution in [1.82, 2.24) is 5.43 Å². The van der Waals surface area contributed by atoms with Crippen molar-refractivity contribution < 1.29 is 22.8 Å². The number of hydrogen-bond acceptors (Lipinski definition) is 4. The van der Waals surface area contributed by atoms with Crippen molar-refractivity contribution in [3.05, 3.63) is 58.9 Å². The lowest BCUT2D eigenvalue weighted by Gasteiger charge is -2.24. The van der Waals surface area contributed by atoms with Gasteiger partial charge in [-0.2, -0.15) is 8.78 Å². The molecule has 0 aromatic heterocycles. The van der Waals surface area contributed by atoms with Gasteiger partial charge in [0.15, 0.2) is 5.83 Å². The van der Waals surface area contributed by atoms with Gasteiger partial charge in [0.2, 0.25) is 5.24 Å². The molecule has 0 spiro atoms. The van der Waals surface area contributed by atoms with Gasteiger partial charge in [-0.05, 0) is 56.1 Å². The van der Waals surface area contributed by atoms with Gasteiger partial charge >= 0.3 is 5.92 Å². The molecule has 1 aromatic carbocycles. The summed E-state index contributed by atoms with van der Waals surface area (Å²) in [5.74, 6) is -2.71. The Kier molecular flexibility index (Phi) is 13.8. The van der Waals surface area contributed by atoms with Gasteiger partial charge in [-0.3, -0.25) is 20.9 Å². The predicted octanol–water partition coefficient (Wildman–Crippen LogP) is 5.73. The topological polar surface area (TPSA) is 72.2 Å². The van der Waals surface area contributed by atoms with Crippen LogP contribution >= 0.6 is 47.2 Å². The first-order valence-corrected chi connectivity index (χ1v) is 8.90. The summed E-state index contributed by atoms with van der Waals surface area (Å²) in [4.78, 5) is 20.9. The van der Waals surface area contributed by atoms with Gasteiger partial charge in [0.25, 0.3) is 5.24 Å². The molecule has 11 heteroatoms. The summed E-state index contributed by atoms with van der Waals surface area (Å²) in [7, 11) is 0. The van der Waals surface area contributed by atoms with Gasteiger partial charge in [0.1, 0.15) is 5.92 Å². The van der Waals surface area contributed by atoms with E-state index in [2.05, 4.69) is 5.43 Å².